The monoisotopic (exact) mass is 332 g/mol. The molecule has 23 heavy (non-hydrogen) atoms. The Hall–Kier alpha value is -2.21. The van der Waals surface area contributed by atoms with Crippen LogP contribution in [0.1, 0.15) is 45.3 Å². The van der Waals surface area contributed by atoms with Gasteiger partial charge in [0.2, 0.25) is 5.91 Å². The average Bonchev–Trinajstić information content (AvgIpc) is 2.79. The van der Waals surface area contributed by atoms with E-state index in [-0.39, 0.29) is 17.9 Å². The van der Waals surface area contributed by atoms with Gasteiger partial charge in [-0.2, -0.15) is 0 Å². The van der Waals surface area contributed by atoms with Crippen LogP contribution in [0.15, 0.2) is 24.3 Å². The number of aromatic nitrogens is 1. The third-order valence-corrected chi connectivity index (χ3v) is 4.98. The number of hydrogen-bond donors (Lipinski definition) is 2. The maximum absolute atomic E-state index is 12.3. The molecule has 2 rings (SSSR count). The highest BCUT2D eigenvalue weighted by Crippen LogP contribution is 2.27. The molecule has 0 bridgehead atoms. The lowest BCUT2D eigenvalue weighted by molar-refractivity contribution is -0.122. The maximum Gasteiger partial charge on any atom is 0.335 e. The second kappa shape index (κ2) is 6.50. The van der Waals surface area contributed by atoms with E-state index in [0.717, 1.165) is 21.1 Å². The molecule has 0 fully saturated rings. The Balaban J connectivity index is 2.04. The SMILES string of the molecule is Cc1nc(C(C)(C)NC(=O)Cc2ccc(C(=O)O)cc2)sc1C. The summed E-state index contributed by atoms with van der Waals surface area (Å²) in [4.78, 5) is 28.7. The Morgan fingerprint density at radius 3 is 2.30 bits per heavy atom. The first-order valence-corrected chi connectivity index (χ1v) is 8.08. The van der Waals surface area contributed by atoms with Gasteiger partial charge in [-0.15, -0.1) is 11.3 Å². The summed E-state index contributed by atoms with van der Waals surface area (Å²) in [6.45, 7) is 7.82. The number of aryl methyl sites for hydroxylation is 2. The molecule has 0 aliphatic carbocycles. The van der Waals surface area contributed by atoms with Crippen LogP contribution in [0.3, 0.4) is 0 Å². The summed E-state index contributed by atoms with van der Waals surface area (Å²) in [7, 11) is 0. The number of amides is 1. The molecule has 0 unspecified atom stereocenters. The van der Waals surface area contributed by atoms with Gasteiger partial charge in [0.1, 0.15) is 5.01 Å². The quantitative estimate of drug-likeness (QED) is 0.882. The van der Waals surface area contributed by atoms with Crippen molar-refractivity contribution in [2.24, 2.45) is 0 Å². The number of carbonyl (C=O) groups excluding carboxylic acids is 1. The molecule has 0 atom stereocenters. The van der Waals surface area contributed by atoms with E-state index >= 15 is 0 Å². The number of aromatic carboxylic acids is 1. The van der Waals surface area contributed by atoms with E-state index in [1.54, 1.807) is 23.5 Å². The number of benzene rings is 1. The van der Waals surface area contributed by atoms with Crippen LogP contribution >= 0.6 is 11.3 Å². The van der Waals surface area contributed by atoms with Gasteiger partial charge in [0.05, 0.1) is 23.2 Å². The van der Waals surface area contributed by atoms with Gasteiger partial charge in [0.15, 0.2) is 0 Å². The highest BCUT2D eigenvalue weighted by atomic mass is 32.1. The smallest absolute Gasteiger partial charge is 0.335 e. The number of thiazole rings is 1. The topological polar surface area (TPSA) is 79.3 Å². The minimum atomic E-state index is -0.975. The van der Waals surface area contributed by atoms with Crippen LogP contribution in [0, 0.1) is 13.8 Å². The number of nitrogens with one attached hydrogen (secondary N) is 1. The molecule has 0 radical (unpaired) electrons. The van der Waals surface area contributed by atoms with Crippen LogP contribution < -0.4 is 5.32 Å². The number of hydrogen-bond acceptors (Lipinski definition) is 4. The van der Waals surface area contributed by atoms with Crippen LogP contribution in [0.5, 0.6) is 0 Å². The van der Waals surface area contributed by atoms with Crippen molar-refractivity contribution in [2.75, 3.05) is 0 Å². The van der Waals surface area contributed by atoms with Gasteiger partial charge in [0.25, 0.3) is 0 Å². The van der Waals surface area contributed by atoms with Gasteiger partial charge in [-0.3, -0.25) is 4.79 Å². The second-order valence-corrected chi connectivity index (χ2v) is 7.22. The van der Waals surface area contributed by atoms with Crippen molar-refractivity contribution in [3.8, 4) is 0 Å². The average molecular weight is 332 g/mol. The fourth-order valence-electron chi connectivity index (χ4n) is 2.14. The Morgan fingerprint density at radius 2 is 1.83 bits per heavy atom. The summed E-state index contributed by atoms with van der Waals surface area (Å²) in [6, 6.07) is 6.33. The second-order valence-electron chi connectivity index (χ2n) is 6.01. The zero-order chi connectivity index (χ0) is 17.2. The van der Waals surface area contributed by atoms with E-state index in [2.05, 4.69) is 10.3 Å². The first-order valence-electron chi connectivity index (χ1n) is 7.27. The zero-order valence-corrected chi connectivity index (χ0v) is 14.5. The normalized spacial score (nSPS) is 11.3. The molecule has 1 amide bonds. The number of rotatable bonds is 5. The van der Waals surface area contributed by atoms with Gasteiger partial charge in [-0.1, -0.05) is 12.1 Å². The molecule has 0 saturated heterocycles. The molecule has 0 aliphatic rings. The molecule has 122 valence electrons. The number of carbonyl (C=O) groups is 2. The molecule has 0 spiro atoms. The summed E-state index contributed by atoms with van der Waals surface area (Å²) in [5.74, 6) is -1.10. The molecular formula is C17H20N2O3S. The molecule has 5 nitrogen and oxygen atoms in total. The lowest BCUT2D eigenvalue weighted by Gasteiger charge is -2.24. The first kappa shape index (κ1) is 17.1. The summed E-state index contributed by atoms with van der Waals surface area (Å²) >= 11 is 1.58. The van der Waals surface area contributed by atoms with E-state index in [9.17, 15) is 9.59 Å². The van der Waals surface area contributed by atoms with Crippen LogP contribution in [0.4, 0.5) is 0 Å². The third-order valence-electron chi connectivity index (χ3n) is 3.58. The van der Waals surface area contributed by atoms with Gasteiger partial charge in [-0.25, -0.2) is 9.78 Å². The highest BCUT2D eigenvalue weighted by molar-refractivity contribution is 7.11. The minimum Gasteiger partial charge on any atom is -0.478 e. The fourth-order valence-corrected chi connectivity index (χ4v) is 3.11. The maximum atomic E-state index is 12.3. The van der Waals surface area contributed by atoms with Crippen molar-refractivity contribution in [3.05, 3.63) is 51.0 Å². The van der Waals surface area contributed by atoms with E-state index in [4.69, 9.17) is 5.11 Å². The van der Waals surface area contributed by atoms with Crippen molar-refractivity contribution in [1.82, 2.24) is 10.3 Å². The first-order chi connectivity index (χ1) is 10.7. The van der Waals surface area contributed by atoms with Gasteiger partial charge in [0, 0.05) is 4.88 Å². The van der Waals surface area contributed by atoms with Crippen molar-refractivity contribution in [3.63, 3.8) is 0 Å². The Bertz CT molecular complexity index is 713. The van der Waals surface area contributed by atoms with Crippen molar-refractivity contribution < 1.29 is 14.7 Å². The summed E-state index contributed by atoms with van der Waals surface area (Å²) in [5, 5.41) is 12.7. The summed E-state index contributed by atoms with van der Waals surface area (Å²) in [5.41, 5.74) is 1.43. The van der Waals surface area contributed by atoms with E-state index < -0.39 is 11.5 Å². The molecule has 6 heteroatoms. The van der Waals surface area contributed by atoms with Crippen molar-refractivity contribution in [2.45, 2.75) is 39.7 Å². The largest absolute Gasteiger partial charge is 0.478 e. The van der Waals surface area contributed by atoms with Crippen molar-refractivity contribution >= 4 is 23.2 Å². The molecule has 1 aromatic heterocycles. The van der Waals surface area contributed by atoms with Crippen LogP contribution in [-0.2, 0) is 16.8 Å². The third kappa shape index (κ3) is 4.16. The fraction of sp³-hybridized carbons (Fsp3) is 0.353. The van der Waals surface area contributed by atoms with E-state index in [1.807, 2.05) is 27.7 Å². The van der Waals surface area contributed by atoms with Crippen molar-refractivity contribution in [1.29, 1.82) is 0 Å². The van der Waals surface area contributed by atoms with E-state index in [1.165, 1.54) is 12.1 Å². The molecule has 0 saturated carbocycles. The Labute approximate surface area is 139 Å². The molecule has 1 aromatic carbocycles. The van der Waals surface area contributed by atoms with Crippen LogP contribution in [0.2, 0.25) is 0 Å². The summed E-state index contributed by atoms with van der Waals surface area (Å²) < 4.78 is 0. The number of carboxylic acid groups (broad SMARTS) is 1. The Kier molecular flexibility index (Phi) is 4.85. The predicted molar refractivity (Wildman–Crippen MR) is 89.9 cm³/mol. The lowest BCUT2D eigenvalue weighted by Crippen LogP contribution is -2.41. The van der Waals surface area contributed by atoms with Crippen LogP contribution in [0.25, 0.3) is 0 Å². The number of nitrogens with zero attached hydrogens (tertiary/aromatic N) is 1. The molecule has 1 heterocycles. The zero-order valence-electron chi connectivity index (χ0n) is 13.6. The molecule has 0 aliphatic heterocycles. The molecule has 2 aromatic rings. The lowest BCUT2D eigenvalue weighted by atomic mass is 10.0. The predicted octanol–water partition coefficient (Wildman–Crippen LogP) is 3.05. The minimum absolute atomic E-state index is 0.122. The van der Waals surface area contributed by atoms with Gasteiger partial charge in [-0.05, 0) is 45.4 Å². The van der Waals surface area contributed by atoms with Crippen LogP contribution in [-0.4, -0.2) is 22.0 Å². The van der Waals surface area contributed by atoms with E-state index in [0.29, 0.717) is 0 Å². The molecule has 2 N–H and O–H groups in total. The highest BCUT2D eigenvalue weighted by Gasteiger charge is 2.26. The Morgan fingerprint density at radius 1 is 1.22 bits per heavy atom. The summed E-state index contributed by atoms with van der Waals surface area (Å²) in [6.07, 6.45) is 0.201. The molecular weight excluding hydrogens is 312 g/mol. The van der Waals surface area contributed by atoms with Gasteiger partial charge < -0.3 is 10.4 Å². The number of carboxylic acids is 1. The van der Waals surface area contributed by atoms with Gasteiger partial charge >= 0.3 is 5.97 Å². The standard InChI is InChI=1S/C17H20N2O3S/c1-10-11(2)23-16(18-10)17(3,4)19-14(20)9-12-5-7-13(8-6-12)15(21)22/h5-8H,9H2,1-4H3,(H,19,20)(H,21,22).